The fourth-order valence-corrected chi connectivity index (χ4v) is 2.22. The predicted octanol–water partition coefficient (Wildman–Crippen LogP) is 2.12. The maximum atomic E-state index is 12.1. The molecule has 1 heterocycles. The van der Waals surface area contributed by atoms with E-state index in [9.17, 15) is 14.7 Å². The molecule has 1 N–H and O–H groups in total. The molecule has 2 aromatic rings. The van der Waals surface area contributed by atoms with Crippen molar-refractivity contribution in [1.82, 2.24) is 4.57 Å². The van der Waals surface area contributed by atoms with Gasteiger partial charge in [-0.25, -0.2) is 4.79 Å². The molecule has 0 saturated heterocycles. The summed E-state index contributed by atoms with van der Waals surface area (Å²) in [6, 6.07) is 11.8. The van der Waals surface area contributed by atoms with Crippen LogP contribution in [0.1, 0.15) is 18.0 Å². The summed E-state index contributed by atoms with van der Waals surface area (Å²) in [6.07, 6.45) is 2.41. The smallest absolute Gasteiger partial charge is 0.326 e. The van der Waals surface area contributed by atoms with Crippen molar-refractivity contribution in [2.45, 2.75) is 18.9 Å². The molecular weight excluding hydrogens is 270 g/mol. The molecule has 0 radical (unpaired) electrons. The SMILES string of the molecule is COc1cccn(C(CCc2ccccc2)C(=O)O)c1=O. The number of rotatable bonds is 6. The lowest BCUT2D eigenvalue weighted by Gasteiger charge is -2.16. The van der Waals surface area contributed by atoms with Crippen molar-refractivity contribution >= 4 is 5.97 Å². The van der Waals surface area contributed by atoms with Crippen LogP contribution in [0, 0.1) is 0 Å². The van der Waals surface area contributed by atoms with Crippen molar-refractivity contribution in [3.8, 4) is 5.75 Å². The molecule has 5 heteroatoms. The van der Waals surface area contributed by atoms with Crippen LogP contribution in [0.4, 0.5) is 0 Å². The van der Waals surface area contributed by atoms with Crippen LogP contribution in [0.3, 0.4) is 0 Å². The van der Waals surface area contributed by atoms with E-state index in [1.54, 1.807) is 6.07 Å². The van der Waals surface area contributed by atoms with Gasteiger partial charge in [0.25, 0.3) is 5.56 Å². The van der Waals surface area contributed by atoms with Gasteiger partial charge in [0.1, 0.15) is 6.04 Å². The number of aliphatic carboxylic acids is 1. The third kappa shape index (κ3) is 3.51. The van der Waals surface area contributed by atoms with E-state index < -0.39 is 17.6 Å². The summed E-state index contributed by atoms with van der Waals surface area (Å²) in [4.78, 5) is 23.6. The first-order valence-electron chi connectivity index (χ1n) is 6.65. The minimum atomic E-state index is -1.03. The van der Waals surface area contributed by atoms with E-state index in [1.807, 2.05) is 30.3 Å². The number of aryl methyl sites for hydroxylation is 1. The van der Waals surface area contributed by atoms with E-state index in [1.165, 1.54) is 23.9 Å². The zero-order valence-electron chi connectivity index (χ0n) is 11.7. The topological polar surface area (TPSA) is 68.5 Å². The molecule has 0 aliphatic heterocycles. The average molecular weight is 287 g/mol. The second kappa shape index (κ2) is 6.74. The van der Waals surface area contributed by atoms with Crippen molar-refractivity contribution in [3.05, 3.63) is 64.6 Å². The first-order chi connectivity index (χ1) is 10.1. The number of carbonyl (C=O) groups is 1. The minimum Gasteiger partial charge on any atom is -0.491 e. The van der Waals surface area contributed by atoms with Gasteiger partial charge >= 0.3 is 5.97 Å². The maximum Gasteiger partial charge on any atom is 0.326 e. The van der Waals surface area contributed by atoms with Crippen molar-refractivity contribution in [2.75, 3.05) is 7.11 Å². The normalized spacial score (nSPS) is 11.9. The Morgan fingerprint density at radius 1 is 1.24 bits per heavy atom. The summed E-state index contributed by atoms with van der Waals surface area (Å²) in [5.41, 5.74) is 0.611. The second-order valence-electron chi connectivity index (χ2n) is 4.67. The van der Waals surface area contributed by atoms with Crippen molar-refractivity contribution in [3.63, 3.8) is 0 Å². The number of hydrogen-bond donors (Lipinski definition) is 1. The highest BCUT2D eigenvalue weighted by Crippen LogP contribution is 2.15. The number of benzene rings is 1. The minimum absolute atomic E-state index is 0.142. The molecule has 2 rings (SSSR count). The third-order valence-electron chi connectivity index (χ3n) is 3.33. The van der Waals surface area contributed by atoms with Gasteiger partial charge in [0.05, 0.1) is 7.11 Å². The van der Waals surface area contributed by atoms with Crippen LogP contribution in [0.5, 0.6) is 5.75 Å². The molecule has 0 aliphatic carbocycles. The number of ether oxygens (including phenoxy) is 1. The Bertz CT molecular complexity index is 663. The number of aromatic nitrogens is 1. The van der Waals surface area contributed by atoms with E-state index in [0.29, 0.717) is 12.8 Å². The Labute approximate surface area is 122 Å². The van der Waals surface area contributed by atoms with Gasteiger partial charge in [0.2, 0.25) is 0 Å². The lowest BCUT2D eigenvalue weighted by Crippen LogP contribution is -2.30. The van der Waals surface area contributed by atoms with Gasteiger partial charge in [0, 0.05) is 6.20 Å². The van der Waals surface area contributed by atoms with E-state index in [4.69, 9.17) is 4.74 Å². The Morgan fingerprint density at radius 2 is 1.95 bits per heavy atom. The number of pyridine rings is 1. The Hall–Kier alpha value is -2.56. The molecule has 0 saturated carbocycles. The van der Waals surface area contributed by atoms with Gasteiger partial charge in [0.15, 0.2) is 5.75 Å². The summed E-state index contributed by atoms with van der Waals surface area (Å²) >= 11 is 0. The molecule has 0 fully saturated rings. The highest BCUT2D eigenvalue weighted by molar-refractivity contribution is 5.71. The van der Waals surface area contributed by atoms with Gasteiger partial charge in [-0.2, -0.15) is 0 Å². The van der Waals surface area contributed by atoms with E-state index in [0.717, 1.165) is 5.56 Å². The molecule has 1 atom stereocenters. The molecule has 1 aromatic heterocycles. The summed E-state index contributed by atoms with van der Waals surface area (Å²) in [5, 5.41) is 9.39. The highest BCUT2D eigenvalue weighted by Gasteiger charge is 2.21. The fraction of sp³-hybridized carbons (Fsp3) is 0.250. The van der Waals surface area contributed by atoms with Crippen LogP contribution < -0.4 is 10.3 Å². The van der Waals surface area contributed by atoms with Gasteiger partial charge in [-0.3, -0.25) is 9.36 Å². The summed E-state index contributed by atoms with van der Waals surface area (Å²) in [5.74, 6) is -0.884. The molecule has 0 amide bonds. The van der Waals surface area contributed by atoms with Gasteiger partial charge in [-0.05, 0) is 30.5 Å². The molecule has 5 nitrogen and oxygen atoms in total. The lowest BCUT2D eigenvalue weighted by molar-refractivity contribution is -0.141. The van der Waals surface area contributed by atoms with Crippen molar-refractivity contribution in [2.24, 2.45) is 0 Å². The van der Waals surface area contributed by atoms with Gasteiger partial charge in [-0.1, -0.05) is 30.3 Å². The molecule has 1 unspecified atom stereocenters. The summed E-state index contributed by atoms with van der Waals surface area (Å²) in [6.45, 7) is 0. The highest BCUT2D eigenvalue weighted by atomic mass is 16.5. The van der Waals surface area contributed by atoms with Crippen LogP contribution >= 0.6 is 0 Å². The monoisotopic (exact) mass is 287 g/mol. The molecule has 21 heavy (non-hydrogen) atoms. The summed E-state index contributed by atoms with van der Waals surface area (Å²) < 4.78 is 6.16. The largest absolute Gasteiger partial charge is 0.491 e. The number of carboxylic acid groups (broad SMARTS) is 1. The fourth-order valence-electron chi connectivity index (χ4n) is 2.22. The molecule has 0 spiro atoms. The standard InChI is InChI=1S/C16H17NO4/c1-21-14-8-5-11-17(15(14)18)13(16(19)20)10-9-12-6-3-2-4-7-12/h2-8,11,13H,9-10H2,1H3,(H,19,20). The lowest BCUT2D eigenvalue weighted by atomic mass is 10.1. The van der Waals surface area contributed by atoms with Crippen molar-refractivity contribution in [1.29, 1.82) is 0 Å². The Morgan fingerprint density at radius 3 is 2.57 bits per heavy atom. The van der Waals surface area contributed by atoms with Gasteiger partial charge in [-0.15, -0.1) is 0 Å². The second-order valence-corrected chi connectivity index (χ2v) is 4.67. The third-order valence-corrected chi connectivity index (χ3v) is 3.33. The number of methoxy groups -OCH3 is 1. The molecule has 0 aliphatic rings. The van der Waals surface area contributed by atoms with Crippen molar-refractivity contribution < 1.29 is 14.6 Å². The van der Waals surface area contributed by atoms with E-state index >= 15 is 0 Å². The first-order valence-corrected chi connectivity index (χ1v) is 6.65. The zero-order chi connectivity index (χ0) is 15.2. The Kier molecular flexibility index (Phi) is 4.77. The van der Waals surface area contributed by atoms with E-state index in [-0.39, 0.29) is 5.75 Å². The number of carboxylic acids is 1. The maximum absolute atomic E-state index is 12.1. The number of hydrogen-bond acceptors (Lipinski definition) is 3. The average Bonchev–Trinajstić information content (AvgIpc) is 2.49. The number of nitrogens with zero attached hydrogens (tertiary/aromatic N) is 1. The van der Waals surface area contributed by atoms with Crippen LogP contribution in [0.25, 0.3) is 0 Å². The zero-order valence-corrected chi connectivity index (χ0v) is 11.7. The molecule has 1 aromatic carbocycles. The van der Waals surface area contributed by atoms with E-state index in [2.05, 4.69) is 0 Å². The first kappa shape index (κ1) is 14.8. The molecule has 110 valence electrons. The quantitative estimate of drug-likeness (QED) is 0.883. The van der Waals surface area contributed by atoms with Crippen LogP contribution in [-0.2, 0) is 11.2 Å². The van der Waals surface area contributed by atoms with Crippen LogP contribution in [-0.4, -0.2) is 22.8 Å². The van der Waals surface area contributed by atoms with Crippen LogP contribution in [0.2, 0.25) is 0 Å². The predicted molar refractivity (Wildman–Crippen MR) is 78.7 cm³/mol. The molecule has 0 bridgehead atoms. The Balaban J connectivity index is 2.24. The summed E-state index contributed by atoms with van der Waals surface area (Å²) in [7, 11) is 1.39. The molecular formula is C16H17NO4. The van der Waals surface area contributed by atoms with Crippen LogP contribution in [0.15, 0.2) is 53.5 Å². The van der Waals surface area contributed by atoms with Gasteiger partial charge < -0.3 is 9.84 Å².